The molecule has 0 spiro atoms. The van der Waals surface area contributed by atoms with Crippen molar-refractivity contribution < 1.29 is 24.2 Å². The van der Waals surface area contributed by atoms with E-state index < -0.39 is 17.7 Å². The molecule has 3 rings (SSSR count). The lowest BCUT2D eigenvalue weighted by Crippen LogP contribution is -2.25. The molecule has 1 aliphatic heterocycles. The minimum atomic E-state index is -0.790. The predicted octanol–water partition coefficient (Wildman–Crippen LogP) is 3.41. The van der Waals surface area contributed by atoms with E-state index in [0.29, 0.717) is 27.6 Å². The van der Waals surface area contributed by atoms with Crippen molar-refractivity contribution in [2.24, 2.45) is 0 Å². The lowest BCUT2D eigenvalue weighted by molar-refractivity contribution is -0.139. The summed E-state index contributed by atoms with van der Waals surface area (Å²) in [6.45, 7) is 0. The van der Waals surface area contributed by atoms with Crippen molar-refractivity contribution in [2.45, 2.75) is 6.04 Å². The van der Waals surface area contributed by atoms with Crippen LogP contribution in [0.25, 0.3) is 5.76 Å². The molecule has 1 N–H and O–H groups in total. The number of hydrogen-bond acceptors (Lipinski definition) is 5. The normalized spacial score (nSPS) is 18.7. The van der Waals surface area contributed by atoms with Crippen molar-refractivity contribution >= 4 is 29.1 Å². The number of Topliss-reactive ketones (excluding diaryl/α,β-unsaturated/α-hetero) is 1. The summed E-state index contributed by atoms with van der Waals surface area (Å²) in [7, 11) is 4.52. The average Bonchev–Trinajstić information content (AvgIpc) is 2.91. The molecule has 6 nitrogen and oxygen atoms in total. The van der Waals surface area contributed by atoms with Gasteiger partial charge >= 0.3 is 0 Å². The molecule has 1 fully saturated rings. The first kappa shape index (κ1) is 18.8. The summed E-state index contributed by atoms with van der Waals surface area (Å²) in [6.07, 6.45) is 0. The number of benzene rings is 2. The maximum Gasteiger partial charge on any atom is 0.295 e. The van der Waals surface area contributed by atoms with Crippen molar-refractivity contribution in [3.63, 3.8) is 0 Å². The molecule has 7 heteroatoms. The molecule has 140 valence electrons. The highest BCUT2D eigenvalue weighted by atomic mass is 35.5. The van der Waals surface area contributed by atoms with Crippen molar-refractivity contribution in [1.29, 1.82) is 0 Å². The number of ketones is 1. The van der Waals surface area contributed by atoms with Crippen LogP contribution in [0.15, 0.2) is 48.0 Å². The Hall–Kier alpha value is -2.99. The standard InChI is InChI=1S/C20H18ClNO5/c1-22-17(14-9-8-13(26-2)10-15(14)27-3)16(19(24)20(22)25)18(23)11-4-6-12(21)7-5-11/h4-10,17,23H,1-3H3/b18-16+/t17-/m1/s1. The fourth-order valence-corrected chi connectivity index (χ4v) is 3.25. The predicted molar refractivity (Wildman–Crippen MR) is 101 cm³/mol. The quantitative estimate of drug-likeness (QED) is 0.494. The van der Waals surface area contributed by atoms with Crippen LogP contribution in [-0.4, -0.2) is 43.0 Å². The smallest absolute Gasteiger partial charge is 0.295 e. The highest BCUT2D eigenvalue weighted by molar-refractivity contribution is 6.46. The Morgan fingerprint density at radius 2 is 1.74 bits per heavy atom. The van der Waals surface area contributed by atoms with Crippen molar-refractivity contribution in [3.8, 4) is 11.5 Å². The van der Waals surface area contributed by atoms with Crippen molar-refractivity contribution in [1.82, 2.24) is 4.90 Å². The zero-order valence-electron chi connectivity index (χ0n) is 15.0. The minimum Gasteiger partial charge on any atom is -0.507 e. The second-order valence-electron chi connectivity index (χ2n) is 6.02. The van der Waals surface area contributed by atoms with Crippen LogP contribution in [-0.2, 0) is 9.59 Å². The number of rotatable bonds is 4. The van der Waals surface area contributed by atoms with Gasteiger partial charge in [-0.3, -0.25) is 9.59 Å². The van der Waals surface area contributed by atoms with Crippen molar-refractivity contribution in [3.05, 3.63) is 64.2 Å². The second kappa shape index (κ2) is 7.32. The summed E-state index contributed by atoms with van der Waals surface area (Å²) < 4.78 is 10.6. The van der Waals surface area contributed by atoms with E-state index in [1.807, 2.05) is 0 Å². The van der Waals surface area contributed by atoms with E-state index in [4.69, 9.17) is 21.1 Å². The third-order valence-electron chi connectivity index (χ3n) is 4.53. The Balaban J connectivity index is 2.20. The minimum absolute atomic E-state index is 0.00621. The zero-order chi connectivity index (χ0) is 19.7. The van der Waals surface area contributed by atoms with E-state index >= 15 is 0 Å². The molecule has 2 aromatic carbocycles. The van der Waals surface area contributed by atoms with Gasteiger partial charge in [-0.25, -0.2) is 0 Å². The maximum atomic E-state index is 12.6. The molecule has 0 saturated carbocycles. The lowest BCUT2D eigenvalue weighted by atomic mass is 9.94. The number of aliphatic hydroxyl groups excluding tert-OH is 1. The second-order valence-corrected chi connectivity index (χ2v) is 6.46. The fourth-order valence-electron chi connectivity index (χ4n) is 3.12. The van der Waals surface area contributed by atoms with Gasteiger partial charge < -0.3 is 19.5 Å². The van der Waals surface area contributed by atoms with Gasteiger partial charge in [0.25, 0.3) is 11.7 Å². The number of carbonyl (C=O) groups excluding carboxylic acids is 2. The van der Waals surface area contributed by atoms with Gasteiger partial charge in [0.15, 0.2) is 0 Å². The van der Waals surface area contributed by atoms with E-state index in [1.165, 1.54) is 26.2 Å². The molecule has 0 bridgehead atoms. The highest BCUT2D eigenvalue weighted by Crippen LogP contribution is 2.42. The van der Waals surface area contributed by atoms with Crippen LogP contribution in [0.5, 0.6) is 11.5 Å². The Morgan fingerprint density at radius 3 is 2.33 bits per heavy atom. The zero-order valence-corrected chi connectivity index (χ0v) is 15.8. The summed E-state index contributed by atoms with van der Waals surface area (Å²) in [6, 6.07) is 10.7. The average molecular weight is 388 g/mol. The number of likely N-dealkylation sites (tertiary alicyclic amines) is 1. The summed E-state index contributed by atoms with van der Waals surface area (Å²) in [5, 5.41) is 11.3. The number of likely N-dealkylation sites (N-methyl/N-ethyl adjacent to an activating group) is 1. The van der Waals surface area contributed by atoms with E-state index in [2.05, 4.69) is 0 Å². The largest absolute Gasteiger partial charge is 0.507 e. The van der Waals surface area contributed by atoms with Gasteiger partial charge in [-0.1, -0.05) is 11.6 Å². The molecule has 1 saturated heterocycles. The number of aliphatic hydroxyl groups is 1. The summed E-state index contributed by atoms with van der Waals surface area (Å²) in [5.74, 6) is -0.713. The molecule has 1 atom stereocenters. The van der Waals surface area contributed by atoms with E-state index in [0.717, 1.165) is 0 Å². The van der Waals surface area contributed by atoms with E-state index in [1.54, 1.807) is 42.5 Å². The molecular weight excluding hydrogens is 370 g/mol. The molecule has 1 amide bonds. The third-order valence-corrected chi connectivity index (χ3v) is 4.78. The molecule has 0 aromatic heterocycles. The topological polar surface area (TPSA) is 76.1 Å². The SMILES string of the molecule is COc1ccc([C@@H]2/C(=C(\O)c3ccc(Cl)cc3)C(=O)C(=O)N2C)c(OC)c1. The Morgan fingerprint density at radius 1 is 1.07 bits per heavy atom. The molecule has 2 aromatic rings. The van der Waals surface area contributed by atoms with Crippen LogP contribution in [0.3, 0.4) is 0 Å². The van der Waals surface area contributed by atoms with Crippen LogP contribution < -0.4 is 9.47 Å². The molecule has 27 heavy (non-hydrogen) atoms. The first-order valence-corrected chi connectivity index (χ1v) is 8.49. The summed E-state index contributed by atoms with van der Waals surface area (Å²) >= 11 is 5.89. The van der Waals surface area contributed by atoms with Crippen LogP contribution in [0, 0.1) is 0 Å². The summed E-state index contributed by atoms with van der Waals surface area (Å²) in [5.41, 5.74) is 0.951. The third kappa shape index (κ3) is 3.24. The van der Waals surface area contributed by atoms with Gasteiger partial charge in [0.2, 0.25) is 0 Å². The number of halogens is 1. The number of methoxy groups -OCH3 is 2. The highest BCUT2D eigenvalue weighted by Gasteiger charge is 2.45. The Kier molecular flexibility index (Phi) is 5.10. The molecular formula is C20H18ClNO5. The first-order chi connectivity index (χ1) is 12.9. The van der Waals surface area contributed by atoms with E-state index in [-0.39, 0.29) is 11.3 Å². The Bertz CT molecular complexity index is 936. The number of hydrogen-bond donors (Lipinski definition) is 1. The maximum absolute atomic E-state index is 12.6. The van der Waals surface area contributed by atoms with Gasteiger partial charge in [0, 0.05) is 29.3 Å². The van der Waals surface area contributed by atoms with E-state index in [9.17, 15) is 14.7 Å². The molecule has 1 aliphatic rings. The summed E-state index contributed by atoms with van der Waals surface area (Å²) in [4.78, 5) is 26.2. The van der Waals surface area contributed by atoms with Gasteiger partial charge in [-0.2, -0.15) is 0 Å². The molecule has 1 heterocycles. The number of amides is 1. The van der Waals surface area contributed by atoms with Gasteiger partial charge in [0.1, 0.15) is 17.3 Å². The number of carbonyl (C=O) groups is 2. The molecule has 0 unspecified atom stereocenters. The fraction of sp³-hybridized carbons (Fsp3) is 0.200. The van der Waals surface area contributed by atoms with Crippen LogP contribution in [0.1, 0.15) is 17.2 Å². The Labute approximate surface area is 161 Å². The van der Waals surface area contributed by atoms with Gasteiger partial charge in [-0.15, -0.1) is 0 Å². The van der Waals surface area contributed by atoms with Crippen LogP contribution in [0.4, 0.5) is 0 Å². The number of nitrogens with zero attached hydrogens (tertiary/aromatic N) is 1. The van der Waals surface area contributed by atoms with Crippen molar-refractivity contribution in [2.75, 3.05) is 21.3 Å². The lowest BCUT2D eigenvalue weighted by Gasteiger charge is -2.23. The molecule has 0 aliphatic carbocycles. The van der Waals surface area contributed by atoms with Crippen LogP contribution >= 0.6 is 11.6 Å². The van der Waals surface area contributed by atoms with Gasteiger partial charge in [-0.05, 0) is 36.4 Å². The van der Waals surface area contributed by atoms with Gasteiger partial charge in [0.05, 0.1) is 25.8 Å². The monoisotopic (exact) mass is 387 g/mol. The first-order valence-electron chi connectivity index (χ1n) is 8.11. The molecule has 0 radical (unpaired) electrons. The van der Waals surface area contributed by atoms with Crippen LogP contribution in [0.2, 0.25) is 5.02 Å². The number of ether oxygens (including phenoxy) is 2.